The van der Waals surface area contributed by atoms with Gasteiger partial charge in [-0.3, -0.25) is 9.36 Å². The molecule has 0 saturated carbocycles. The highest BCUT2D eigenvalue weighted by Crippen LogP contribution is 2.18. The number of nitrogens with one attached hydrogen (secondary N) is 1. The van der Waals surface area contributed by atoms with Gasteiger partial charge in [0.05, 0.1) is 5.52 Å². The molecule has 27 heavy (non-hydrogen) atoms. The van der Waals surface area contributed by atoms with Crippen LogP contribution in [0.4, 0.5) is 8.78 Å². The van der Waals surface area contributed by atoms with Crippen molar-refractivity contribution in [3.8, 4) is 5.75 Å². The first-order chi connectivity index (χ1) is 12.9. The Labute approximate surface area is 157 Å². The molecular weight excluding hydrogens is 382 g/mol. The number of benzene rings is 2. The molecule has 2 aromatic carbocycles. The second-order valence-corrected chi connectivity index (χ2v) is 6.13. The van der Waals surface area contributed by atoms with Gasteiger partial charge in [0.2, 0.25) is 5.91 Å². The van der Waals surface area contributed by atoms with Crippen LogP contribution in [0.2, 0.25) is 5.02 Å². The summed E-state index contributed by atoms with van der Waals surface area (Å²) in [6.45, 7) is -2.73. The minimum atomic E-state index is -2.87. The van der Waals surface area contributed by atoms with E-state index in [0.29, 0.717) is 29.1 Å². The molecule has 0 atom stereocenters. The maximum absolute atomic E-state index is 12.1. The molecule has 1 heterocycles. The lowest BCUT2D eigenvalue weighted by Crippen LogP contribution is -2.32. The molecule has 0 aliphatic carbocycles. The van der Waals surface area contributed by atoms with Crippen molar-refractivity contribution < 1.29 is 22.7 Å². The molecule has 6 nitrogen and oxygen atoms in total. The molecule has 1 aromatic heterocycles. The van der Waals surface area contributed by atoms with E-state index in [1.54, 1.807) is 24.3 Å². The van der Waals surface area contributed by atoms with Gasteiger partial charge in [0.25, 0.3) is 0 Å². The van der Waals surface area contributed by atoms with E-state index in [1.165, 1.54) is 22.8 Å². The van der Waals surface area contributed by atoms with Gasteiger partial charge in [0, 0.05) is 17.6 Å². The van der Waals surface area contributed by atoms with Crippen molar-refractivity contribution in [1.82, 2.24) is 9.88 Å². The summed E-state index contributed by atoms with van der Waals surface area (Å²) in [5.41, 5.74) is 1.64. The fourth-order valence-corrected chi connectivity index (χ4v) is 2.74. The van der Waals surface area contributed by atoms with Crippen molar-refractivity contribution >= 4 is 28.6 Å². The van der Waals surface area contributed by atoms with Gasteiger partial charge in [-0.1, -0.05) is 23.7 Å². The largest absolute Gasteiger partial charge is 0.435 e. The highest BCUT2D eigenvalue weighted by Gasteiger charge is 2.13. The maximum atomic E-state index is 12.1. The summed E-state index contributed by atoms with van der Waals surface area (Å²) in [5.74, 6) is -0.923. The quantitative estimate of drug-likeness (QED) is 0.665. The summed E-state index contributed by atoms with van der Waals surface area (Å²) in [7, 11) is 0. The molecule has 3 aromatic rings. The van der Waals surface area contributed by atoms with Crippen molar-refractivity contribution in [2.45, 2.75) is 19.6 Å². The van der Waals surface area contributed by atoms with Crippen molar-refractivity contribution in [3.63, 3.8) is 0 Å². The molecule has 0 spiro atoms. The molecular formula is C18H15ClF2N2O4. The zero-order chi connectivity index (χ0) is 19.4. The Hall–Kier alpha value is -2.87. The van der Waals surface area contributed by atoms with Crippen LogP contribution in [0.25, 0.3) is 11.1 Å². The molecule has 3 rings (SSSR count). The van der Waals surface area contributed by atoms with Gasteiger partial charge in [0.15, 0.2) is 5.58 Å². The van der Waals surface area contributed by atoms with E-state index in [9.17, 15) is 18.4 Å². The predicted molar refractivity (Wildman–Crippen MR) is 95.3 cm³/mol. The van der Waals surface area contributed by atoms with Crippen molar-refractivity contribution in [1.29, 1.82) is 0 Å². The number of halogens is 3. The van der Waals surface area contributed by atoms with Crippen LogP contribution in [0.3, 0.4) is 0 Å². The molecule has 142 valence electrons. The number of amides is 1. The van der Waals surface area contributed by atoms with Crippen LogP contribution in [0.15, 0.2) is 51.7 Å². The molecule has 0 aliphatic rings. The number of carbonyl (C=O) groups is 1. The minimum absolute atomic E-state index is 0.0732. The number of hydrogen-bond donors (Lipinski definition) is 1. The van der Waals surface area contributed by atoms with Crippen LogP contribution in [0.1, 0.15) is 5.56 Å². The van der Waals surface area contributed by atoms with Crippen molar-refractivity contribution in [3.05, 3.63) is 63.6 Å². The van der Waals surface area contributed by atoms with E-state index in [2.05, 4.69) is 10.1 Å². The van der Waals surface area contributed by atoms with Crippen LogP contribution < -0.4 is 15.8 Å². The first-order valence-electron chi connectivity index (χ1n) is 8.02. The number of aromatic nitrogens is 1. The Morgan fingerprint density at radius 2 is 1.96 bits per heavy atom. The average molecular weight is 397 g/mol. The molecule has 0 unspecified atom stereocenters. The van der Waals surface area contributed by atoms with Gasteiger partial charge in [-0.05, 0) is 36.2 Å². The SMILES string of the molecule is O=C(Cn1c(=O)oc2cc(Cl)ccc21)NCCc1ccc(OC(F)F)cc1. The van der Waals surface area contributed by atoms with Crippen molar-refractivity contribution in [2.75, 3.05) is 6.54 Å². The third-order valence-corrected chi connectivity index (χ3v) is 4.05. The standard InChI is InChI=1S/C18H15ClF2N2O4/c19-12-3-6-14-15(9-12)27-18(25)23(14)10-16(24)22-8-7-11-1-4-13(5-2-11)26-17(20)21/h1-6,9,17H,7-8,10H2,(H,22,24). The number of carbonyl (C=O) groups excluding carboxylic acids is 1. The van der Waals surface area contributed by atoms with Crippen molar-refractivity contribution in [2.24, 2.45) is 0 Å². The number of oxazole rings is 1. The Balaban J connectivity index is 1.54. The van der Waals surface area contributed by atoms with E-state index < -0.39 is 12.4 Å². The first kappa shape index (κ1) is 18.9. The van der Waals surface area contributed by atoms with E-state index in [-0.39, 0.29) is 18.2 Å². The Bertz CT molecular complexity index is 999. The number of nitrogens with zero attached hydrogens (tertiary/aromatic N) is 1. The lowest BCUT2D eigenvalue weighted by Gasteiger charge is -2.07. The molecule has 1 amide bonds. The normalized spacial score (nSPS) is 11.1. The van der Waals surface area contributed by atoms with Gasteiger partial charge < -0.3 is 14.5 Å². The fraction of sp³-hybridized carbons (Fsp3) is 0.222. The number of ether oxygens (including phenoxy) is 1. The maximum Gasteiger partial charge on any atom is 0.420 e. The minimum Gasteiger partial charge on any atom is -0.435 e. The average Bonchev–Trinajstić information content (AvgIpc) is 2.90. The molecule has 1 N–H and O–H groups in total. The highest BCUT2D eigenvalue weighted by molar-refractivity contribution is 6.31. The van der Waals surface area contributed by atoms with Gasteiger partial charge in [0.1, 0.15) is 12.3 Å². The number of rotatable bonds is 7. The summed E-state index contributed by atoms with van der Waals surface area (Å²) in [5, 5.41) is 3.13. The molecule has 0 bridgehead atoms. The number of alkyl halides is 2. The van der Waals surface area contributed by atoms with E-state index >= 15 is 0 Å². The van der Waals surface area contributed by atoms with E-state index in [4.69, 9.17) is 16.0 Å². The van der Waals surface area contributed by atoms with E-state index in [0.717, 1.165) is 5.56 Å². The second kappa shape index (κ2) is 8.22. The van der Waals surface area contributed by atoms with Crippen LogP contribution in [-0.4, -0.2) is 23.6 Å². The number of fused-ring (bicyclic) bond motifs is 1. The third-order valence-electron chi connectivity index (χ3n) is 3.82. The van der Waals surface area contributed by atoms with Crippen LogP contribution in [-0.2, 0) is 17.8 Å². The summed E-state index contributed by atoms with van der Waals surface area (Å²) >= 11 is 5.85. The Morgan fingerprint density at radius 1 is 1.22 bits per heavy atom. The Morgan fingerprint density at radius 3 is 2.67 bits per heavy atom. The van der Waals surface area contributed by atoms with E-state index in [1.807, 2.05) is 0 Å². The molecule has 0 fully saturated rings. The molecule has 0 saturated heterocycles. The summed E-state index contributed by atoms with van der Waals surface area (Å²) in [6.07, 6.45) is 0.497. The van der Waals surface area contributed by atoms with Crippen LogP contribution in [0.5, 0.6) is 5.75 Å². The zero-order valence-electron chi connectivity index (χ0n) is 14.0. The molecule has 0 radical (unpaired) electrons. The van der Waals surface area contributed by atoms with Crippen LogP contribution >= 0.6 is 11.6 Å². The lowest BCUT2D eigenvalue weighted by atomic mass is 10.1. The first-order valence-corrected chi connectivity index (χ1v) is 8.39. The van der Waals surface area contributed by atoms with Gasteiger partial charge >= 0.3 is 12.4 Å². The van der Waals surface area contributed by atoms with Gasteiger partial charge in [-0.25, -0.2) is 4.79 Å². The smallest absolute Gasteiger partial charge is 0.420 e. The monoisotopic (exact) mass is 396 g/mol. The van der Waals surface area contributed by atoms with Gasteiger partial charge in [-0.15, -0.1) is 0 Å². The lowest BCUT2D eigenvalue weighted by molar-refractivity contribution is -0.121. The summed E-state index contributed by atoms with van der Waals surface area (Å²) in [4.78, 5) is 24.0. The molecule has 0 aliphatic heterocycles. The number of hydrogen-bond acceptors (Lipinski definition) is 4. The predicted octanol–water partition coefficient (Wildman–Crippen LogP) is 3.21. The zero-order valence-corrected chi connectivity index (χ0v) is 14.7. The second-order valence-electron chi connectivity index (χ2n) is 5.69. The molecule has 9 heteroatoms. The third kappa shape index (κ3) is 4.85. The summed E-state index contributed by atoms with van der Waals surface area (Å²) < 4.78 is 34.8. The topological polar surface area (TPSA) is 73.5 Å². The fourth-order valence-electron chi connectivity index (χ4n) is 2.57. The Kier molecular flexibility index (Phi) is 5.75. The van der Waals surface area contributed by atoms with Crippen LogP contribution in [0, 0.1) is 0 Å². The summed E-state index contributed by atoms with van der Waals surface area (Å²) in [6, 6.07) is 10.9. The van der Waals surface area contributed by atoms with Gasteiger partial charge in [-0.2, -0.15) is 8.78 Å². The highest BCUT2D eigenvalue weighted by atomic mass is 35.5.